The maximum atomic E-state index is 10.8. The summed E-state index contributed by atoms with van der Waals surface area (Å²) in [6, 6.07) is 21.7. The molecule has 4 rings (SSSR count). The van der Waals surface area contributed by atoms with Gasteiger partial charge in [-0.05, 0) is 33.7 Å². The molecule has 4 aromatic rings. The fourth-order valence-electron chi connectivity index (χ4n) is 3.29. The van der Waals surface area contributed by atoms with Gasteiger partial charge in [0.25, 0.3) is 0 Å². The van der Waals surface area contributed by atoms with Crippen molar-refractivity contribution in [3.63, 3.8) is 0 Å². The smallest absolute Gasteiger partial charge is 0.166 e. The lowest BCUT2D eigenvalue weighted by atomic mass is 9.91. The highest BCUT2D eigenvalue weighted by Gasteiger charge is 2.19. The van der Waals surface area contributed by atoms with Crippen molar-refractivity contribution in [2.75, 3.05) is 12.8 Å². The van der Waals surface area contributed by atoms with Crippen LogP contribution >= 0.6 is 0 Å². The third-order valence-electron chi connectivity index (χ3n) is 4.42. The van der Waals surface area contributed by atoms with Crippen LogP contribution in [-0.2, 0) is 0 Å². The summed E-state index contributed by atoms with van der Waals surface area (Å²) >= 11 is 0. The SMILES string of the molecule is COc1cc2ccccc2c(-c2c(N)ccc3ccccc23)c1O. The van der Waals surface area contributed by atoms with Crippen LogP contribution in [0.3, 0.4) is 0 Å². The van der Waals surface area contributed by atoms with Gasteiger partial charge in [-0.15, -0.1) is 0 Å². The van der Waals surface area contributed by atoms with Crippen molar-refractivity contribution in [3.8, 4) is 22.6 Å². The van der Waals surface area contributed by atoms with Crippen LogP contribution in [-0.4, -0.2) is 12.2 Å². The Morgan fingerprint density at radius 2 is 1.42 bits per heavy atom. The van der Waals surface area contributed by atoms with Gasteiger partial charge in [0.15, 0.2) is 11.5 Å². The molecule has 3 heteroatoms. The molecule has 4 aromatic carbocycles. The monoisotopic (exact) mass is 315 g/mol. The van der Waals surface area contributed by atoms with Crippen molar-refractivity contribution in [1.29, 1.82) is 0 Å². The number of aromatic hydroxyl groups is 1. The number of fused-ring (bicyclic) bond motifs is 2. The van der Waals surface area contributed by atoms with Crippen molar-refractivity contribution in [2.45, 2.75) is 0 Å². The van der Waals surface area contributed by atoms with Crippen LogP contribution in [0, 0.1) is 0 Å². The van der Waals surface area contributed by atoms with E-state index in [4.69, 9.17) is 10.5 Å². The second-order valence-corrected chi connectivity index (χ2v) is 5.77. The van der Waals surface area contributed by atoms with Crippen LogP contribution in [0.15, 0.2) is 66.7 Å². The van der Waals surface area contributed by atoms with Crippen LogP contribution in [0.1, 0.15) is 0 Å². The third kappa shape index (κ3) is 2.06. The first-order chi connectivity index (χ1) is 11.7. The summed E-state index contributed by atoms with van der Waals surface area (Å²) in [5.41, 5.74) is 8.49. The number of phenols is 1. The molecule has 0 fully saturated rings. The summed E-state index contributed by atoms with van der Waals surface area (Å²) in [6.07, 6.45) is 0. The first-order valence-corrected chi connectivity index (χ1v) is 7.77. The molecule has 0 bridgehead atoms. The number of hydrogen-bond acceptors (Lipinski definition) is 3. The molecule has 0 amide bonds. The summed E-state index contributed by atoms with van der Waals surface area (Å²) in [6.45, 7) is 0. The molecular formula is C21H17NO2. The van der Waals surface area contributed by atoms with E-state index in [2.05, 4.69) is 0 Å². The number of nitrogens with two attached hydrogens (primary N) is 1. The van der Waals surface area contributed by atoms with E-state index in [1.165, 1.54) is 0 Å². The van der Waals surface area contributed by atoms with E-state index in [0.29, 0.717) is 17.0 Å². The molecule has 0 aromatic heterocycles. The van der Waals surface area contributed by atoms with Crippen molar-refractivity contribution < 1.29 is 9.84 Å². The zero-order valence-electron chi connectivity index (χ0n) is 13.3. The van der Waals surface area contributed by atoms with E-state index in [1.54, 1.807) is 7.11 Å². The lowest BCUT2D eigenvalue weighted by Gasteiger charge is -2.17. The van der Waals surface area contributed by atoms with E-state index < -0.39 is 0 Å². The highest BCUT2D eigenvalue weighted by molar-refractivity contribution is 6.12. The van der Waals surface area contributed by atoms with E-state index in [1.807, 2.05) is 66.7 Å². The average Bonchev–Trinajstić information content (AvgIpc) is 2.62. The molecule has 0 unspecified atom stereocenters. The highest BCUT2D eigenvalue weighted by atomic mass is 16.5. The second kappa shape index (κ2) is 5.46. The minimum Gasteiger partial charge on any atom is -0.504 e. The Morgan fingerprint density at radius 1 is 0.792 bits per heavy atom. The Hall–Kier alpha value is -3.20. The van der Waals surface area contributed by atoms with Crippen molar-refractivity contribution >= 4 is 27.2 Å². The summed E-state index contributed by atoms with van der Waals surface area (Å²) < 4.78 is 5.38. The quantitative estimate of drug-likeness (QED) is 0.514. The number of benzene rings is 4. The minimum absolute atomic E-state index is 0.110. The molecule has 0 radical (unpaired) electrons. The molecule has 0 aliphatic rings. The molecule has 0 aliphatic heterocycles. The number of rotatable bonds is 2. The molecule has 0 spiro atoms. The molecule has 0 heterocycles. The fourth-order valence-corrected chi connectivity index (χ4v) is 3.29. The molecule has 0 atom stereocenters. The van der Waals surface area contributed by atoms with E-state index in [0.717, 1.165) is 27.1 Å². The second-order valence-electron chi connectivity index (χ2n) is 5.77. The maximum absolute atomic E-state index is 10.8. The number of methoxy groups -OCH3 is 1. The van der Waals surface area contributed by atoms with Gasteiger partial charge in [-0.1, -0.05) is 54.6 Å². The molecule has 3 nitrogen and oxygen atoms in total. The number of anilines is 1. The van der Waals surface area contributed by atoms with Gasteiger partial charge >= 0.3 is 0 Å². The Bertz CT molecular complexity index is 1070. The lowest BCUT2D eigenvalue weighted by Crippen LogP contribution is -1.95. The Balaban J connectivity index is 2.22. The first kappa shape index (κ1) is 14.4. The third-order valence-corrected chi connectivity index (χ3v) is 4.42. The summed E-state index contributed by atoms with van der Waals surface area (Å²) in [4.78, 5) is 0. The van der Waals surface area contributed by atoms with Crippen LogP contribution in [0.4, 0.5) is 5.69 Å². The zero-order chi connectivity index (χ0) is 16.7. The molecule has 0 saturated heterocycles. The Kier molecular flexibility index (Phi) is 3.28. The van der Waals surface area contributed by atoms with Crippen molar-refractivity contribution in [2.24, 2.45) is 0 Å². The van der Waals surface area contributed by atoms with Crippen molar-refractivity contribution in [3.05, 3.63) is 66.7 Å². The molecular weight excluding hydrogens is 298 g/mol. The fraction of sp³-hybridized carbons (Fsp3) is 0.0476. The van der Waals surface area contributed by atoms with Gasteiger partial charge in [0, 0.05) is 16.8 Å². The van der Waals surface area contributed by atoms with E-state index in [-0.39, 0.29) is 5.75 Å². The average molecular weight is 315 g/mol. The first-order valence-electron chi connectivity index (χ1n) is 7.77. The van der Waals surface area contributed by atoms with Crippen LogP contribution in [0.2, 0.25) is 0 Å². The van der Waals surface area contributed by atoms with Crippen LogP contribution in [0.5, 0.6) is 11.5 Å². The summed E-state index contributed by atoms with van der Waals surface area (Å²) in [7, 11) is 1.56. The number of phenolic OH excluding ortho intramolecular Hbond substituents is 1. The largest absolute Gasteiger partial charge is 0.504 e. The molecule has 0 saturated carbocycles. The Labute approximate surface area is 139 Å². The Morgan fingerprint density at radius 3 is 2.12 bits per heavy atom. The summed E-state index contributed by atoms with van der Waals surface area (Å²) in [5.74, 6) is 0.551. The normalized spacial score (nSPS) is 11.0. The van der Waals surface area contributed by atoms with Crippen LogP contribution < -0.4 is 10.5 Å². The van der Waals surface area contributed by atoms with Gasteiger partial charge in [-0.25, -0.2) is 0 Å². The van der Waals surface area contributed by atoms with Crippen LogP contribution in [0.25, 0.3) is 32.7 Å². The number of nitrogen functional groups attached to an aromatic ring is 1. The van der Waals surface area contributed by atoms with Crippen molar-refractivity contribution in [1.82, 2.24) is 0 Å². The predicted octanol–water partition coefficient (Wildman–Crippen LogP) is 4.96. The number of hydrogen-bond donors (Lipinski definition) is 2. The van der Waals surface area contributed by atoms with E-state index in [9.17, 15) is 5.11 Å². The lowest BCUT2D eigenvalue weighted by molar-refractivity contribution is 0.375. The van der Waals surface area contributed by atoms with Gasteiger partial charge in [-0.2, -0.15) is 0 Å². The highest BCUT2D eigenvalue weighted by Crippen LogP contribution is 2.47. The topological polar surface area (TPSA) is 55.5 Å². The standard InChI is InChI=1S/C21H17NO2/c1-24-18-12-14-7-3-5-9-16(14)20(21(18)23)19-15-8-4-2-6-13(15)10-11-17(19)22/h2-12,23H,22H2,1H3. The minimum atomic E-state index is 0.110. The maximum Gasteiger partial charge on any atom is 0.166 e. The molecule has 0 aliphatic carbocycles. The predicted molar refractivity (Wildman–Crippen MR) is 99.5 cm³/mol. The molecule has 24 heavy (non-hydrogen) atoms. The zero-order valence-corrected chi connectivity index (χ0v) is 13.3. The van der Waals surface area contributed by atoms with Gasteiger partial charge < -0.3 is 15.6 Å². The summed E-state index contributed by atoms with van der Waals surface area (Å²) in [5, 5.41) is 14.9. The van der Waals surface area contributed by atoms with Gasteiger partial charge in [0.05, 0.1) is 7.11 Å². The van der Waals surface area contributed by atoms with Gasteiger partial charge in [-0.3, -0.25) is 0 Å². The molecule has 118 valence electrons. The van der Waals surface area contributed by atoms with Gasteiger partial charge in [0.1, 0.15) is 0 Å². The van der Waals surface area contributed by atoms with Gasteiger partial charge in [0.2, 0.25) is 0 Å². The number of ether oxygens (including phenoxy) is 1. The molecule has 3 N–H and O–H groups in total. The van der Waals surface area contributed by atoms with E-state index >= 15 is 0 Å².